The van der Waals surface area contributed by atoms with Gasteiger partial charge >= 0.3 is 6.09 Å². The highest BCUT2D eigenvalue weighted by Crippen LogP contribution is 2.18. The smallest absolute Gasteiger partial charge is 0.407 e. The van der Waals surface area contributed by atoms with Crippen LogP contribution in [-0.4, -0.2) is 29.4 Å². The van der Waals surface area contributed by atoms with Crippen LogP contribution >= 0.6 is 0 Å². The van der Waals surface area contributed by atoms with Crippen LogP contribution in [-0.2, 0) is 4.74 Å². The molecule has 2 N–H and O–H groups in total. The van der Waals surface area contributed by atoms with Gasteiger partial charge in [-0.25, -0.2) is 4.79 Å². The van der Waals surface area contributed by atoms with E-state index in [4.69, 9.17) is 9.47 Å². The maximum absolute atomic E-state index is 11.5. The van der Waals surface area contributed by atoms with Crippen LogP contribution in [0.1, 0.15) is 46.3 Å². The Hall–Kier alpha value is -1.75. The van der Waals surface area contributed by atoms with E-state index in [0.29, 0.717) is 5.56 Å². The Labute approximate surface area is 126 Å². The van der Waals surface area contributed by atoms with Crippen molar-refractivity contribution in [1.82, 2.24) is 5.32 Å². The third-order valence-electron chi connectivity index (χ3n) is 2.48. The van der Waals surface area contributed by atoms with Crippen molar-refractivity contribution in [3.05, 3.63) is 29.8 Å². The molecule has 1 rings (SSSR count). The van der Waals surface area contributed by atoms with Gasteiger partial charge in [-0.2, -0.15) is 0 Å². The lowest BCUT2D eigenvalue weighted by Crippen LogP contribution is -2.34. The van der Waals surface area contributed by atoms with E-state index in [1.54, 1.807) is 45.0 Å². The summed E-state index contributed by atoms with van der Waals surface area (Å²) >= 11 is 0. The fourth-order valence-corrected chi connectivity index (χ4v) is 1.65. The molecule has 0 aromatic heterocycles. The quantitative estimate of drug-likeness (QED) is 0.876. The van der Waals surface area contributed by atoms with Crippen LogP contribution in [0.2, 0.25) is 0 Å². The number of ether oxygens (including phenoxy) is 2. The van der Waals surface area contributed by atoms with Crippen LogP contribution in [0.25, 0.3) is 0 Å². The van der Waals surface area contributed by atoms with Crippen molar-refractivity contribution in [2.45, 2.75) is 52.4 Å². The first kappa shape index (κ1) is 17.3. The Kier molecular flexibility index (Phi) is 6.03. The van der Waals surface area contributed by atoms with Gasteiger partial charge < -0.3 is 19.9 Å². The van der Waals surface area contributed by atoms with Gasteiger partial charge in [-0.05, 0) is 52.3 Å². The fraction of sp³-hybridized carbons (Fsp3) is 0.562. The van der Waals surface area contributed by atoms with E-state index in [-0.39, 0.29) is 12.6 Å². The highest BCUT2D eigenvalue weighted by atomic mass is 16.6. The summed E-state index contributed by atoms with van der Waals surface area (Å²) in [5.41, 5.74) is 0.160. The van der Waals surface area contributed by atoms with Gasteiger partial charge in [-0.15, -0.1) is 0 Å². The number of rotatable bonds is 5. The van der Waals surface area contributed by atoms with Crippen molar-refractivity contribution in [1.29, 1.82) is 0 Å². The van der Waals surface area contributed by atoms with Crippen LogP contribution in [0.3, 0.4) is 0 Å². The molecule has 0 aliphatic rings. The van der Waals surface area contributed by atoms with Crippen molar-refractivity contribution in [2.75, 3.05) is 6.54 Å². The largest absolute Gasteiger partial charge is 0.491 e. The lowest BCUT2D eigenvalue weighted by molar-refractivity contribution is 0.0491. The molecular weight excluding hydrogens is 270 g/mol. The third-order valence-corrected chi connectivity index (χ3v) is 2.48. The Morgan fingerprint density at radius 2 is 1.81 bits per heavy atom. The predicted octanol–water partition coefficient (Wildman–Crippen LogP) is 3.03. The first-order valence-electron chi connectivity index (χ1n) is 7.09. The molecule has 118 valence electrons. The lowest BCUT2D eigenvalue weighted by Gasteiger charge is -2.20. The van der Waals surface area contributed by atoms with E-state index in [2.05, 4.69) is 5.32 Å². The van der Waals surface area contributed by atoms with Crippen molar-refractivity contribution < 1.29 is 19.4 Å². The molecule has 5 nitrogen and oxygen atoms in total. The van der Waals surface area contributed by atoms with Gasteiger partial charge in [-0.3, -0.25) is 0 Å². The normalized spacial score (nSPS) is 12.9. The number of benzene rings is 1. The number of amides is 1. The number of carbonyl (C=O) groups excluding carboxylic acids is 1. The summed E-state index contributed by atoms with van der Waals surface area (Å²) < 4.78 is 10.6. The van der Waals surface area contributed by atoms with Crippen molar-refractivity contribution >= 4 is 6.09 Å². The molecule has 0 spiro atoms. The molecule has 0 bridgehead atoms. The lowest BCUT2D eigenvalue weighted by atomic mass is 10.1. The molecule has 21 heavy (non-hydrogen) atoms. The number of nitrogens with one attached hydrogen (secondary N) is 1. The van der Waals surface area contributed by atoms with Gasteiger partial charge in [0.25, 0.3) is 0 Å². The van der Waals surface area contributed by atoms with E-state index in [1.807, 2.05) is 13.8 Å². The maximum Gasteiger partial charge on any atom is 0.407 e. The average Bonchev–Trinajstić information content (AvgIpc) is 2.34. The van der Waals surface area contributed by atoms with Crippen molar-refractivity contribution in [2.24, 2.45) is 0 Å². The molecule has 1 unspecified atom stereocenters. The zero-order valence-electron chi connectivity index (χ0n) is 13.3. The Bertz CT molecular complexity index is 448. The summed E-state index contributed by atoms with van der Waals surface area (Å²) in [5, 5.41) is 12.6. The van der Waals surface area contributed by atoms with Crippen LogP contribution in [0.5, 0.6) is 5.75 Å². The Balaban J connectivity index is 2.48. The number of hydrogen-bond donors (Lipinski definition) is 2. The van der Waals surface area contributed by atoms with E-state index < -0.39 is 17.8 Å². The Morgan fingerprint density at radius 1 is 1.24 bits per heavy atom. The summed E-state index contributed by atoms with van der Waals surface area (Å²) in [6.45, 7) is 9.36. The molecule has 0 heterocycles. The summed E-state index contributed by atoms with van der Waals surface area (Å²) in [6.07, 6.45) is -1.22. The van der Waals surface area contributed by atoms with E-state index in [9.17, 15) is 9.90 Å². The van der Waals surface area contributed by atoms with Gasteiger partial charge in [0.05, 0.1) is 18.8 Å². The third kappa shape index (κ3) is 6.99. The second kappa shape index (κ2) is 7.31. The monoisotopic (exact) mass is 295 g/mol. The Morgan fingerprint density at radius 3 is 2.29 bits per heavy atom. The highest BCUT2D eigenvalue weighted by molar-refractivity contribution is 5.67. The number of hydrogen-bond acceptors (Lipinski definition) is 4. The average molecular weight is 295 g/mol. The number of carbonyl (C=O) groups is 1. The summed E-state index contributed by atoms with van der Waals surface area (Å²) in [6, 6.07) is 7.15. The van der Waals surface area contributed by atoms with Gasteiger partial charge in [-0.1, -0.05) is 12.1 Å². The predicted molar refractivity (Wildman–Crippen MR) is 81.4 cm³/mol. The van der Waals surface area contributed by atoms with E-state index in [1.165, 1.54) is 0 Å². The topological polar surface area (TPSA) is 67.8 Å². The van der Waals surface area contributed by atoms with Crippen LogP contribution in [0.4, 0.5) is 4.79 Å². The van der Waals surface area contributed by atoms with Crippen LogP contribution in [0.15, 0.2) is 24.3 Å². The first-order valence-corrected chi connectivity index (χ1v) is 7.09. The molecule has 1 amide bonds. The molecule has 1 aromatic rings. The minimum atomic E-state index is -0.786. The second-order valence-electron chi connectivity index (χ2n) is 6.13. The number of aliphatic hydroxyl groups excluding tert-OH is 1. The zero-order valence-corrected chi connectivity index (χ0v) is 13.3. The standard InChI is InChI=1S/C16H25NO4/c1-11(2)20-13-8-6-12(7-9-13)14(18)10-17-15(19)21-16(3,4)5/h6-9,11,14,18H,10H2,1-5H3,(H,17,19). The van der Waals surface area contributed by atoms with Crippen molar-refractivity contribution in [3.8, 4) is 5.75 Å². The summed E-state index contributed by atoms with van der Waals surface area (Å²) in [5.74, 6) is 0.751. The fourth-order valence-electron chi connectivity index (χ4n) is 1.65. The molecule has 0 aliphatic carbocycles. The van der Waals surface area contributed by atoms with Gasteiger partial charge in [0.1, 0.15) is 11.4 Å². The number of aliphatic hydroxyl groups is 1. The molecular formula is C16H25NO4. The molecule has 0 aliphatic heterocycles. The highest BCUT2D eigenvalue weighted by Gasteiger charge is 2.17. The second-order valence-corrected chi connectivity index (χ2v) is 6.13. The van der Waals surface area contributed by atoms with Crippen LogP contribution < -0.4 is 10.1 Å². The van der Waals surface area contributed by atoms with Gasteiger partial charge in [0.2, 0.25) is 0 Å². The molecule has 0 fully saturated rings. The van der Waals surface area contributed by atoms with E-state index in [0.717, 1.165) is 5.75 Å². The zero-order chi connectivity index (χ0) is 16.0. The molecule has 0 saturated heterocycles. The number of alkyl carbamates (subject to hydrolysis) is 1. The first-order chi connectivity index (χ1) is 9.67. The van der Waals surface area contributed by atoms with Crippen molar-refractivity contribution in [3.63, 3.8) is 0 Å². The molecule has 0 saturated carbocycles. The van der Waals surface area contributed by atoms with Crippen LogP contribution in [0, 0.1) is 0 Å². The minimum absolute atomic E-state index is 0.0965. The molecule has 0 radical (unpaired) electrons. The summed E-state index contributed by atoms with van der Waals surface area (Å²) in [4.78, 5) is 11.5. The molecule has 1 atom stereocenters. The SMILES string of the molecule is CC(C)Oc1ccc(C(O)CNC(=O)OC(C)(C)C)cc1. The van der Waals surface area contributed by atoms with Gasteiger partial charge in [0.15, 0.2) is 0 Å². The molecule has 1 aromatic carbocycles. The summed E-state index contributed by atoms with van der Waals surface area (Å²) in [7, 11) is 0. The maximum atomic E-state index is 11.5. The minimum Gasteiger partial charge on any atom is -0.491 e. The van der Waals surface area contributed by atoms with E-state index >= 15 is 0 Å². The molecule has 5 heteroatoms. The van der Waals surface area contributed by atoms with Gasteiger partial charge in [0, 0.05) is 0 Å².